The Kier molecular flexibility index (Phi) is 5.87. The van der Waals surface area contributed by atoms with Crippen LogP contribution in [-0.4, -0.2) is 66.2 Å². The van der Waals surface area contributed by atoms with Crippen LogP contribution in [0.2, 0.25) is 0 Å². The monoisotopic (exact) mass is 382 g/mol. The van der Waals surface area contributed by atoms with E-state index < -0.39 is 0 Å². The molecule has 2 aliphatic rings. The third-order valence-corrected chi connectivity index (χ3v) is 5.34. The van der Waals surface area contributed by atoms with Crippen LogP contribution in [0.25, 0.3) is 0 Å². The highest BCUT2D eigenvalue weighted by atomic mass is 15.3. The molecule has 0 unspecified atom stereocenters. The molecule has 0 bridgehead atoms. The van der Waals surface area contributed by atoms with Gasteiger partial charge in [0.05, 0.1) is 11.9 Å². The van der Waals surface area contributed by atoms with Gasteiger partial charge in [-0.15, -0.1) is 0 Å². The van der Waals surface area contributed by atoms with E-state index in [1.165, 1.54) is 18.4 Å². The fourth-order valence-electron chi connectivity index (χ4n) is 3.41. The van der Waals surface area contributed by atoms with Gasteiger partial charge >= 0.3 is 0 Å². The normalized spacial score (nSPS) is 17.6. The molecule has 4 N–H and O–H groups in total. The van der Waals surface area contributed by atoms with Crippen molar-refractivity contribution in [2.24, 2.45) is 5.73 Å². The smallest absolute Gasteiger partial charge is 0.229 e. The number of aromatic nitrogens is 3. The Morgan fingerprint density at radius 3 is 2.61 bits per heavy atom. The predicted molar refractivity (Wildman–Crippen MR) is 113 cm³/mol. The van der Waals surface area contributed by atoms with E-state index in [0.717, 1.165) is 56.5 Å². The quantitative estimate of drug-likeness (QED) is 0.597. The van der Waals surface area contributed by atoms with Gasteiger partial charge in [0.15, 0.2) is 0 Å². The summed E-state index contributed by atoms with van der Waals surface area (Å²) in [6, 6.07) is 4.10. The molecule has 1 aliphatic carbocycles. The van der Waals surface area contributed by atoms with Gasteiger partial charge in [0, 0.05) is 44.5 Å². The van der Waals surface area contributed by atoms with E-state index in [-0.39, 0.29) is 0 Å². The fraction of sp³-hybridized carbons (Fsp3) is 0.550. The molecule has 3 heterocycles. The van der Waals surface area contributed by atoms with Crippen LogP contribution in [0, 0.1) is 0 Å². The Morgan fingerprint density at radius 1 is 1.11 bits per heavy atom. The Balaban J connectivity index is 1.42. The molecule has 0 aromatic carbocycles. The van der Waals surface area contributed by atoms with E-state index in [9.17, 15) is 0 Å². The lowest BCUT2D eigenvalue weighted by Crippen LogP contribution is -2.44. The van der Waals surface area contributed by atoms with Crippen LogP contribution in [0.15, 0.2) is 24.5 Å². The summed E-state index contributed by atoms with van der Waals surface area (Å²) in [7, 11) is 2.16. The summed E-state index contributed by atoms with van der Waals surface area (Å²) < 4.78 is 0. The molecule has 8 heteroatoms. The van der Waals surface area contributed by atoms with Crippen LogP contribution in [0.5, 0.6) is 0 Å². The zero-order valence-electron chi connectivity index (χ0n) is 16.6. The lowest BCUT2D eigenvalue weighted by atomic mass is 10.2. The molecular formula is C20H30N8. The minimum absolute atomic E-state index is 0.591. The number of piperazine rings is 1. The minimum atomic E-state index is 0.591. The van der Waals surface area contributed by atoms with E-state index in [4.69, 9.17) is 10.7 Å². The molecule has 2 fully saturated rings. The van der Waals surface area contributed by atoms with Gasteiger partial charge in [-0.2, -0.15) is 4.98 Å². The molecule has 4 rings (SSSR count). The maximum Gasteiger partial charge on any atom is 0.229 e. The maximum absolute atomic E-state index is 5.61. The molecule has 0 atom stereocenters. The highest BCUT2D eigenvalue weighted by molar-refractivity contribution is 5.58. The van der Waals surface area contributed by atoms with Crippen molar-refractivity contribution >= 4 is 23.3 Å². The van der Waals surface area contributed by atoms with Crippen molar-refractivity contribution in [3.8, 4) is 0 Å². The van der Waals surface area contributed by atoms with Crippen molar-refractivity contribution in [1.29, 1.82) is 0 Å². The lowest BCUT2D eigenvalue weighted by molar-refractivity contribution is 0.312. The van der Waals surface area contributed by atoms with Crippen molar-refractivity contribution < 1.29 is 0 Å². The number of hydrogen-bond acceptors (Lipinski definition) is 8. The maximum atomic E-state index is 5.61. The zero-order chi connectivity index (χ0) is 19.3. The van der Waals surface area contributed by atoms with E-state index >= 15 is 0 Å². The first-order valence-electron chi connectivity index (χ1n) is 10.2. The van der Waals surface area contributed by atoms with E-state index in [0.29, 0.717) is 18.4 Å². The minimum Gasteiger partial charge on any atom is -0.370 e. The Labute approximate surface area is 166 Å². The number of rotatable bonds is 8. The van der Waals surface area contributed by atoms with Gasteiger partial charge < -0.3 is 26.2 Å². The third-order valence-electron chi connectivity index (χ3n) is 5.34. The van der Waals surface area contributed by atoms with E-state index in [2.05, 4.69) is 43.5 Å². The van der Waals surface area contributed by atoms with Gasteiger partial charge in [-0.1, -0.05) is 0 Å². The molecule has 0 amide bonds. The first kappa shape index (κ1) is 18.9. The van der Waals surface area contributed by atoms with Crippen molar-refractivity contribution in [3.05, 3.63) is 30.1 Å². The number of pyridine rings is 1. The Hall–Kier alpha value is -2.45. The van der Waals surface area contributed by atoms with Crippen molar-refractivity contribution in [2.45, 2.75) is 25.2 Å². The van der Waals surface area contributed by atoms with Crippen molar-refractivity contribution in [1.82, 2.24) is 19.9 Å². The zero-order valence-corrected chi connectivity index (χ0v) is 16.6. The molecule has 1 saturated carbocycles. The molecule has 1 saturated heterocycles. The molecule has 2 aromatic rings. The standard InChI is InChI=1S/C20H30N8/c1-27-9-11-28(12-10-27)18-6-5-16(13-23-18)25-20-24-14-17(15-3-4-15)19(26-20)22-8-2-7-21/h5-6,13-15H,2-4,7-12,21H2,1H3,(H2,22,24,25,26). The summed E-state index contributed by atoms with van der Waals surface area (Å²) in [6.45, 7) is 5.67. The van der Waals surface area contributed by atoms with Crippen molar-refractivity contribution in [3.63, 3.8) is 0 Å². The first-order valence-corrected chi connectivity index (χ1v) is 10.2. The SMILES string of the molecule is CN1CCN(c2ccc(Nc3ncc(C4CC4)c(NCCCN)n3)cn2)CC1. The summed E-state index contributed by atoms with van der Waals surface area (Å²) in [6.07, 6.45) is 7.17. The molecule has 28 heavy (non-hydrogen) atoms. The molecule has 2 aromatic heterocycles. The van der Waals surface area contributed by atoms with Crippen LogP contribution in [0.4, 0.5) is 23.3 Å². The summed E-state index contributed by atoms with van der Waals surface area (Å²) in [5.74, 6) is 3.14. The molecular weight excluding hydrogens is 352 g/mol. The molecule has 0 spiro atoms. The Morgan fingerprint density at radius 2 is 1.93 bits per heavy atom. The largest absolute Gasteiger partial charge is 0.370 e. The summed E-state index contributed by atoms with van der Waals surface area (Å²) in [5.41, 5.74) is 7.72. The van der Waals surface area contributed by atoms with Gasteiger partial charge in [-0.25, -0.2) is 9.97 Å². The average Bonchev–Trinajstić information content (AvgIpc) is 3.55. The number of hydrogen-bond donors (Lipinski definition) is 3. The number of nitrogens with two attached hydrogens (primary N) is 1. The first-order chi connectivity index (χ1) is 13.7. The fourth-order valence-corrected chi connectivity index (χ4v) is 3.41. The summed E-state index contributed by atoms with van der Waals surface area (Å²) in [5, 5.41) is 6.70. The summed E-state index contributed by atoms with van der Waals surface area (Å²) >= 11 is 0. The molecule has 1 aliphatic heterocycles. The van der Waals surface area contributed by atoms with Crippen LogP contribution in [-0.2, 0) is 0 Å². The van der Waals surface area contributed by atoms with Crippen LogP contribution in [0.1, 0.15) is 30.7 Å². The number of nitrogens with zero attached hydrogens (tertiary/aromatic N) is 5. The second-order valence-electron chi connectivity index (χ2n) is 7.66. The van der Waals surface area contributed by atoms with Crippen LogP contribution < -0.4 is 21.3 Å². The highest BCUT2D eigenvalue weighted by Crippen LogP contribution is 2.42. The highest BCUT2D eigenvalue weighted by Gasteiger charge is 2.27. The molecule has 0 radical (unpaired) electrons. The Bertz CT molecular complexity index is 766. The number of nitrogens with one attached hydrogen (secondary N) is 2. The average molecular weight is 383 g/mol. The van der Waals surface area contributed by atoms with E-state index in [1.54, 1.807) is 0 Å². The van der Waals surface area contributed by atoms with Crippen LogP contribution in [0.3, 0.4) is 0 Å². The molecule has 8 nitrogen and oxygen atoms in total. The third kappa shape index (κ3) is 4.69. The number of likely N-dealkylation sites (N-methyl/N-ethyl adjacent to an activating group) is 1. The van der Waals surface area contributed by atoms with E-state index in [1.807, 2.05) is 18.5 Å². The lowest BCUT2D eigenvalue weighted by Gasteiger charge is -2.33. The second-order valence-corrected chi connectivity index (χ2v) is 7.66. The number of anilines is 4. The molecule has 150 valence electrons. The van der Waals surface area contributed by atoms with Gasteiger partial charge in [0.1, 0.15) is 11.6 Å². The van der Waals surface area contributed by atoms with Gasteiger partial charge in [0.2, 0.25) is 5.95 Å². The summed E-state index contributed by atoms with van der Waals surface area (Å²) in [4.78, 5) is 18.5. The van der Waals surface area contributed by atoms with Gasteiger partial charge in [0.25, 0.3) is 0 Å². The van der Waals surface area contributed by atoms with Gasteiger partial charge in [-0.05, 0) is 50.9 Å². The second kappa shape index (κ2) is 8.70. The van der Waals surface area contributed by atoms with Gasteiger partial charge in [-0.3, -0.25) is 0 Å². The van der Waals surface area contributed by atoms with Crippen molar-refractivity contribution in [2.75, 3.05) is 61.8 Å². The van der Waals surface area contributed by atoms with Crippen LogP contribution >= 0.6 is 0 Å². The predicted octanol–water partition coefficient (Wildman–Crippen LogP) is 2.01. The topological polar surface area (TPSA) is 95.2 Å².